The van der Waals surface area contributed by atoms with Crippen molar-refractivity contribution in [3.8, 4) is 18.1 Å². The lowest BCUT2D eigenvalue weighted by Crippen LogP contribution is -2.14. The Bertz CT molecular complexity index is 347. The lowest BCUT2D eigenvalue weighted by atomic mass is 9.78. The highest BCUT2D eigenvalue weighted by molar-refractivity contribution is 5.48. The highest BCUT2D eigenvalue weighted by Gasteiger charge is 2.23. The van der Waals surface area contributed by atoms with Crippen molar-refractivity contribution in [2.75, 3.05) is 7.11 Å². The van der Waals surface area contributed by atoms with Crippen LogP contribution in [0.5, 0.6) is 5.75 Å². The standard InChI is InChI=1S/C11H10O/c1-3-8-6-9-7-10(12-2)4-5-11(8)9/h1,4-5,7-8H,6H2,2H3. The number of benzene rings is 1. The summed E-state index contributed by atoms with van der Waals surface area (Å²) in [4.78, 5) is 0. The molecule has 1 nitrogen and oxygen atoms in total. The van der Waals surface area contributed by atoms with Gasteiger partial charge in [0.25, 0.3) is 0 Å². The van der Waals surface area contributed by atoms with Crippen LogP contribution in [-0.4, -0.2) is 7.11 Å². The fraction of sp³-hybridized carbons (Fsp3) is 0.273. The van der Waals surface area contributed by atoms with Crippen LogP contribution >= 0.6 is 0 Å². The summed E-state index contributed by atoms with van der Waals surface area (Å²) in [6.07, 6.45) is 6.34. The predicted molar refractivity (Wildman–Crippen MR) is 48.3 cm³/mol. The summed E-state index contributed by atoms with van der Waals surface area (Å²) in [5, 5.41) is 0. The van der Waals surface area contributed by atoms with Crippen LogP contribution in [0.3, 0.4) is 0 Å². The molecule has 0 aliphatic heterocycles. The molecule has 1 unspecified atom stereocenters. The van der Waals surface area contributed by atoms with Crippen molar-refractivity contribution in [3.05, 3.63) is 29.3 Å². The van der Waals surface area contributed by atoms with Gasteiger partial charge in [0.1, 0.15) is 5.75 Å². The van der Waals surface area contributed by atoms with Crippen molar-refractivity contribution in [2.45, 2.75) is 12.3 Å². The van der Waals surface area contributed by atoms with E-state index in [1.165, 1.54) is 11.1 Å². The normalized spacial score (nSPS) is 18.8. The Morgan fingerprint density at radius 1 is 1.58 bits per heavy atom. The zero-order valence-electron chi connectivity index (χ0n) is 7.00. The number of terminal acetylenes is 1. The van der Waals surface area contributed by atoms with E-state index in [0.717, 1.165) is 12.2 Å². The van der Waals surface area contributed by atoms with Crippen molar-refractivity contribution in [1.29, 1.82) is 0 Å². The van der Waals surface area contributed by atoms with Gasteiger partial charge in [0.15, 0.2) is 0 Å². The Morgan fingerprint density at radius 2 is 2.42 bits per heavy atom. The number of rotatable bonds is 1. The minimum atomic E-state index is 0.339. The second-order valence-electron chi connectivity index (χ2n) is 2.99. The van der Waals surface area contributed by atoms with E-state index in [9.17, 15) is 0 Å². The van der Waals surface area contributed by atoms with Crippen LogP contribution in [0.4, 0.5) is 0 Å². The van der Waals surface area contributed by atoms with E-state index < -0.39 is 0 Å². The fourth-order valence-electron chi connectivity index (χ4n) is 1.57. The molecular weight excluding hydrogens is 148 g/mol. The maximum atomic E-state index is 5.34. The number of methoxy groups -OCH3 is 1. The van der Waals surface area contributed by atoms with Gasteiger partial charge in [-0.05, 0) is 29.7 Å². The molecule has 2 rings (SSSR count). The van der Waals surface area contributed by atoms with E-state index in [2.05, 4.69) is 18.1 Å². The molecule has 12 heavy (non-hydrogen) atoms. The minimum absolute atomic E-state index is 0.339. The van der Waals surface area contributed by atoms with Crippen molar-refractivity contribution in [1.82, 2.24) is 0 Å². The molecule has 60 valence electrons. The molecule has 0 spiro atoms. The molecular formula is C11H10O. The maximum Gasteiger partial charge on any atom is 0.119 e. The van der Waals surface area contributed by atoms with Crippen LogP contribution in [0.1, 0.15) is 17.0 Å². The molecule has 1 aromatic carbocycles. The molecule has 1 atom stereocenters. The third-order valence-electron chi connectivity index (χ3n) is 2.35. The third-order valence-corrected chi connectivity index (χ3v) is 2.35. The van der Waals surface area contributed by atoms with E-state index >= 15 is 0 Å². The van der Waals surface area contributed by atoms with Gasteiger partial charge in [0.05, 0.1) is 7.11 Å². The lowest BCUT2D eigenvalue weighted by molar-refractivity contribution is 0.413. The van der Waals surface area contributed by atoms with Crippen LogP contribution < -0.4 is 4.74 Å². The summed E-state index contributed by atoms with van der Waals surface area (Å²) in [5.74, 6) is 4.01. The SMILES string of the molecule is C#CC1Cc2cc(OC)ccc21. The Kier molecular flexibility index (Phi) is 1.55. The second kappa shape index (κ2) is 2.57. The number of hydrogen-bond acceptors (Lipinski definition) is 1. The summed E-state index contributed by atoms with van der Waals surface area (Å²) in [6.45, 7) is 0. The number of hydrogen-bond donors (Lipinski definition) is 0. The fourth-order valence-corrected chi connectivity index (χ4v) is 1.57. The molecule has 0 amide bonds. The van der Waals surface area contributed by atoms with Gasteiger partial charge < -0.3 is 4.74 Å². The third kappa shape index (κ3) is 0.887. The molecule has 0 heterocycles. The van der Waals surface area contributed by atoms with Gasteiger partial charge in [-0.3, -0.25) is 0 Å². The Morgan fingerprint density at radius 3 is 3.00 bits per heavy atom. The molecule has 1 aromatic rings. The molecule has 0 saturated carbocycles. The molecule has 1 heteroatoms. The van der Waals surface area contributed by atoms with E-state index in [1.807, 2.05) is 6.07 Å². The van der Waals surface area contributed by atoms with Crippen LogP contribution in [-0.2, 0) is 6.42 Å². The largest absolute Gasteiger partial charge is 0.497 e. The Balaban J connectivity index is 2.36. The van der Waals surface area contributed by atoms with E-state index in [1.54, 1.807) is 7.11 Å². The van der Waals surface area contributed by atoms with Gasteiger partial charge in [-0.1, -0.05) is 12.0 Å². The zero-order valence-corrected chi connectivity index (χ0v) is 7.00. The first-order valence-corrected chi connectivity index (χ1v) is 3.98. The summed E-state index contributed by atoms with van der Waals surface area (Å²) in [7, 11) is 1.68. The quantitative estimate of drug-likeness (QED) is 0.568. The lowest BCUT2D eigenvalue weighted by Gasteiger charge is -2.26. The van der Waals surface area contributed by atoms with E-state index in [-0.39, 0.29) is 0 Å². The van der Waals surface area contributed by atoms with E-state index in [0.29, 0.717) is 5.92 Å². The smallest absolute Gasteiger partial charge is 0.119 e. The molecule has 0 saturated heterocycles. The molecule has 1 aliphatic carbocycles. The first-order chi connectivity index (χ1) is 5.85. The highest BCUT2D eigenvalue weighted by Crippen LogP contribution is 2.36. The summed E-state index contributed by atoms with van der Waals surface area (Å²) >= 11 is 0. The summed E-state index contributed by atoms with van der Waals surface area (Å²) in [5.41, 5.74) is 2.62. The first kappa shape index (κ1) is 7.24. The molecule has 0 aromatic heterocycles. The Hall–Kier alpha value is -1.42. The van der Waals surface area contributed by atoms with Gasteiger partial charge in [0, 0.05) is 5.92 Å². The van der Waals surface area contributed by atoms with Crippen LogP contribution in [0, 0.1) is 12.3 Å². The van der Waals surface area contributed by atoms with Gasteiger partial charge in [-0.25, -0.2) is 0 Å². The maximum absolute atomic E-state index is 5.34. The monoisotopic (exact) mass is 158 g/mol. The average Bonchev–Trinajstić information content (AvgIpc) is 2.07. The summed E-state index contributed by atoms with van der Waals surface area (Å²) < 4.78 is 5.10. The van der Waals surface area contributed by atoms with Gasteiger partial charge >= 0.3 is 0 Å². The molecule has 1 aliphatic rings. The van der Waals surface area contributed by atoms with Crippen molar-refractivity contribution in [2.24, 2.45) is 0 Å². The predicted octanol–water partition coefficient (Wildman–Crippen LogP) is 1.97. The van der Waals surface area contributed by atoms with E-state index in [4.69, 9.17) is 11.2 Å². The average molecular weight is 158 g/mol. The first-order valence-electron chi connectivity index (χ1n) is 3.98. The van der Waals surface area contributed by atoms with Gasteiger partial charge in [-0.15, -0.1) is 6.42 Å². The van der Waals surface area contributed by atoms with Crippen LogP contribution in [0.25, 0.3) is 0 Å². The second-order valence-corrected chi connectivity index (χ2v) is 2.99. The van der Waals surface area contributed by atoms with Crippen LogP contribution in [0.15, 0.2) is 18.2 Å². The number of ether oxygens (including phenoxy) is 1. The minimum Gasteiger partial charge on any atom is -0.497 e. The Labute approximate surface area is 72.4 Å². The van der Waals surface area contributed by atoms with Gasteiger partial charge in [0.2, 0.25) is 0 Å². The van der Waals surface area contributed by atoms with Crippen molar-refractivity contribution >= 4 is 0 Å². The highest BCUT2D eigenvalue weighted by atomic mass is 16.5. The summed E-state index contributed by atoms with van der Waals surface area (Å²) in [6, 6.07) is 6.08. The van der Waals surface area contributed by atoms with Crippen LogP contribution in [0.2, 0.25) is 0 Å². The van der Waals surface area contributed by atoms with Crippen molar-refractivity contribution < 1.29 is 4.74 Å². The number of fused-ring (bicyclic) bond motifs is 1. The molecule has 0 fully saturated rings. The topological polar surface area (TPSA) is 9.23 Å². The van der Waals surface area contributed by atoms with Crippen molar-refractivity contribution in [3.63, 3.8) is 0 Å². The molecule has 0 radical (unpaired) electrons. The molecule has 0 N–H and O–H groups in total. The molecule has 0 bridgehead atoms. The van der Waals surface area contributed by atoms with Gasteiger partial charge in [-0.2, -0.15) is 0 Å². The zero-order chi connectivity index (χ0) is 8.55.